The number of carbonyl (C=O) groups is 1. The van der Waals surface area contributed by atoms with Crippen LogP contribution >= 0.6 is 0 Å². The summed E-state index contributed by atoms with van der Waals surface area (Å²) < 4.78 is 1.95. The molecule has 0 saturated carbocycles. The van der Waals surface area contributed by atoms with Crippen LogP contribution in [0.15, 0.2) is 48.7 Å². The fourth-order valence-electron chi connectivity index (χ4n) is 2.83. The maximum atomic E-state index is 12.1. The summed E-state index contributed by atoms with van der Waals surface area (Å²) in [6.07, 6.45) is 6.52. The molecule has 5 nitrogen and oxygen atoms in total. The number of nitrogens with one attached hydrogen (secondary N) is 1. The molecule has 0 atom stereocenters. The van der Waals surface area contributed by atoms with E-state index in [9.17, 15) is 4.79 Å². The molecule has 2 aromatic heterocycles. The standard InChI is InChI=1S/C20H24N4O/c1-2-3-6-16-8-10-17(11-9-16)15-20(25)21-13-12-19-23-22-18-7-4-5-14-24(18)19/h4-5,7-11,14H,2-3,6,12-13,15H2,1H3,(H,21,25). The van der Waals surface area contributed by atoms with Crippen molar-refractivity contribution < 1.29 is 4.79 Å². The Kier molecular flexibility index (Phi) is 5.77. The summed E-state index contributed by atoms with van der Waals surface area (Å²) in [6, 6.07) is 14.2. The largest absolute Gasteiger partial charge is 0.355 e. The van der Waals surface area contributed by atoms with Crippen LogP contribution in [0.25, 0.3) is 5.65 Å². The van der Waals surface area contributed by atoms with Crippen LogP contribution in [0, 0.1) is 0 Å². The van der Waals surface area contributed by atoms with E-state index in [4.69, 9.17) is 0 Å². The normalized spacial score (nSPS) is 10.9. The van der Waals surface area contributed by atoms with E-state index in [2.05, 4.69) is 46.7 Å². The number of amides is 1. The van der Waals surface area contributed by atoms with Gasteiger partial charge < -0.3 is 5.32 Å². The number of hydrogen-bond acceptors (Lipinski definition) is 3. The highest BCUT2D eigenvalue weighted by atomic mass is 16.1. The molecule has 1 amide bonds. The van der Waals surface area contributed by atoms with Crippen molar-refractivity contribution in [1.29, 1.82) is 0 Å². The summed E-state index contributed by atoms with van der Waals surface area (Å²) in [5, 5.41) is 11.2. The van der Waals surface area contributed by atoms with Gasteiger partial charge in [0.25, 0.3) is 0 Å². The van der Waals surface area contributed by atoms with Gasteiger partial charge in [-0.1, -0.05) is 43.7 Å². The minimum atomic E-state index is 0.0372. The van der Waals surface area contributed by atoms with Gasteiger partial charge in [0.05, 0.1) is 6.42 Å². The number of nitrogens with zero attached hydrogens (tertiary/aromatic N) is 3. The van der Waals surface area contributed by atoms with Gasteiger partial charge in [-0.25, -0.2) is 0 Å². The predicted octanol–water partition coefficient (Wildman–Crippen LogP) is 2.97. The summed E-state index contributed by atoms with van der Waals surface area (Å²) >= 11 is 0. The van der Waals surface area contributed by atoms with E-state index < -0.39 is 0 Å². The molecule has 2 heterocycles. The topological polar surface area (TPSA) is 59.3 Å². The molecule has 0 saturated heterocycles. The zero-order chi connectivity index (χ0) is 17.5. The summed E-state index contributed by atoms with van der Waals surface area (Å²) in [6.45, 7) is 2.75. The van der Waals surface area contributed by atoms with Crippen LogP contribution in [0.2, 0.25) is 0 Å². The maximum Gasteiger partial charge on any atom is 0.224 e. The van der Waals surface area contributed by atoms with E-state index in [1.54, 1.807) is 0 Å². The van der Waals surface area contributed by atoms with E-state index in [1.165, 1.54) is 18.4 Å². The van der Waals surface area contributed by atoms with Crippen molar-refractivity contribution in [1.82, 2.24) is 19.9 Å². The molecule has 3 aromatic rings. The summed E-state index contributed by atoms with van der Waals surface area (Å²) in [7, 11) is 0. The lowest BCUT2D eigenvalue weighted by atomic mass is 10.0. The predicted molar refractivity (Wildman–Crippen MR) is 98.5 cm³/mol. The van der Waals surface area contributed by atoms with Crippen molar-refractivity contribution in [3.8, 4) is 0 Å². The molecular weight excluding hydrogens is 312 g/mol. The van der Waals surface area contributed by atoms with Gasteiger partial charge in [-0.05, 0) is 36.1 Å². The van der Waals surface area contributed by atoms with Gasteiger partial charge in [0, 0.05) is 19.2 Å². The van der Waals surface area contributed by atoms with Crippen LogP contribution in [-0.4, -0.2) is 27.0 Å². The molecule has 5 heteroatoms. The molecule has 0 unspecified atom stereocenters. The quantitative estimate of drug-likeness (QED) is 0.688. The number of rotatable bonds is 8. The van der Waals surface area contributed by atoms with E-state index in [1.807, 2.05) is 28.8 Å². The molecule has 130 valence electrons. The molecule has 0 aliphatic heterocycles. The Morgan fingerprint density at radius 2 is 1.84 bits per heavy atom. The van der Waals surface area contributed by atoms with E-state index in [0.717, 1.165) is 23.5 Å². The lowest BCUT2D eigenvalue weighted by Crippen LogP contribution is -2.27. The highest BCUT2D eigenvalue weighted by molar-refractivity contribution is 5.78. The first kappa shape index (κ1) is 17.1. The van der Waals surface area contributed by atoms with Gasteiger partial charge in [0.1, 0.15) is 5.82 Å². The number of hydrogen-bond donors (Lipinski definition) is 1. The molecule has 0 spiro atoms. The molecule has 1 N–H and O–H groups in total. The first-order valence-corrected chi connectivity index (χ1v) is 8.89. The van der Waals surface area contributed by atoms with Crippen LogP contribution in [0.3, 0.4) is 0 Å². The van der Waals surface area contributed by atoms with E-state index in [-0.39, 0.29) is 5.91 Å². The second kappa shape index (κ2) is 8.42. The number of aryl methyl sites for hydroxylation is 1. The average molecular weight is 336 g/mol. The minimum Gasteiger partial charge on any atom is -0.355 e. The highest BCUT2D eigenvalue weighted by Gasteiger charge is 2.07. The van der Waals surface area contributed by atoms with Crippen molar-refractivity contribution >= 4 is 11.6 Å². The van der Waals surface area contributed by atoms with Crippen molar-refractivity contribution in [3.05, 3.63) is 65.6 Å². The molecule has 0 bridgehead atoms. The number of carbonyl (C=O) groups excluding carboxylic acids is 1. The van der Waals surface area contributed by atoms with Crippen molar-refractivity contribution in [2.45, 2.75) is 39.0 Å². The monoisotopic (exact) mass is 336 g/mol. The molecule has 25 heavy (non-hydrogen) atoms. The van der Waals surface area contributed by atoms with Gasteiger partial charge >= 0.3 is 0 Å². The lowest BCUT2D eigenvalue weighted by molar-refractivity contribution is -0.120. The molecule has 0 fully saturated rings. The minimum absolute atomic E-state index is 0.0372. The molecule has 3 rings (SSSR count). The second-order valence-electron chi connectivity index (χ2n) is 6.24. The van der Waals surface area contributed by atoms with Gasteiger partial charge in [-0.2, -0.15) is 0 Å². The zero-order valence-electron chi connectivity index (χ0n) is 14.6. The summed E-state index contributed by atoms with van der Waals surface area (Å²) in [5.41, 5.74) is 3.21. The first-order valence-electron chi connectivity index (χ1n) is 8.89. The van der Waals surface area contributed by atoms with Gasteiger partial charge in [-0.15, -0.1) is 10.2 Å². The number of benzene rings is 1. The molecule has 0 radical (unpaired) electrons. The Labute approximate surface area is 148 Å². The molecule has 0 aliphatic carbocycles. The Balaban J connectivity index is 1.46. The third-order valence-electron chi connectivity index (χ3n) is 4.26. The van der Waals surface area contributed by atoms with Crippen LogP contribution < -0.4 is 5.32 Å². The van der Waals surface area contributed by atoms with E-state index in [0.29, 0.717) is 19.4 Å². The zero-order valence-corrected chi connectivity index (χ0v) is 14.6. The SMILES string of the molecule is CCCCc1ccc(CC(=O)NCCc2nnc3ccccn23)cc1. The fourth-order valence-corrected chi connectivity index (χ4v) is 2.83. The molecule has 1 aromatic carbocycles. The van der Waals surface area contributed by atoms with Crippen molar-refractivity contribution in [2.75, 3.05) is 6.54 Å². The Morgan fingerprint density at radius 1 is 1.04 bits per heavy atom. The summed E-state index contributed by atoms with van der Waals surface area (Å²) in [5.74, 6) is 0.895. The second-order valence-corrected chi connectivity index (χ2v) is 6.24. The molecular formula is C20H24N4O. The molecule has 0 aliphatic rings. The Bertz CT molecular complexity index is 823. The van der Waals surface area contributed by atoms with Gasteiger partial charge in [-0.3, -0.25) is 9.20 Å². The fraction of sp³-hybridized carbons (Fsp3) is 0.350. The maximum absolute atomic E-state index is 12.1. The third kappa shape index (κ3) is 4.66. The number of unbranched alkanes of at least 4 members (excludes halogenated alkanes) is 1. The smallest absolute Gasteiger partial charge is 0.224 e. The van der Waals surface area contributed by atoms with Crippen LogP contribution in [0.1, 0.15) is 36.7 Å². The van der Waals surface area contributed by atoms with E-state index >= 15 is 0 Å². The van der Waals surface area contributed by atoms with Gasteiger partial charge in [0.2, 0.25) is 5.91 Å². The van der Waals surface area contributed by atoms with Crippen LogP contribution in [0.4, 0.5) is 0 Å². The Morgan fingerprint density at radius 3 is 2.64 bits per heavy atom. The third-order valence-corrected chi connectivity index (χ3v) is 4.26. The first-order chi connectivity index (χ1) is 12.3. The van der Waals surface area contributed by atoms with Crippen molar-refractivity contribution in [2.24, 2.45) is 0 Å². The van der Waals surface area contributed by atoms with Crippen LogP contribution in [-0.2, 0) is 24.1 Å². The number of fused-ring (bicyclic) bond motifs is 1. The number of aromatic nitrogens is 3. The highest BCUT2D eigenvalue weighted by Crippen LogP contribution is 2.08. The lowest BCUT2D eigenvalue weighted by Gasteiger charge is -2.06. The van der Waals surface area contributed by atoms with Crippen molar-refractivity contribution in [3.63, 3.8) is 0 Å². The summed E-state index contributed by atoms with van der Waals surface area (Å²) in [4.78, 5) is 12.1. The number of pyridine rings is 1. The van der Waals surface area contributed by atoms with Gasteiger partial charge in [0.15, 0.2) is 5.65 Å². The Hall–Kier alpha value is -2.69. The average Bonchev–Trinajstić information content (AvgIpc) is 3.04. The van der Waals surface area contributed by atoms with Crippen LogP contribution in [0.5, 0.6) is 0 Å².